The van der Waals surface area contributed by atoms with Crippen LogP contribution >= 0.6 is 0 Å². The number of rotatable bonds is 9. The lowest BCUT2D eigenvalue weighted by atomic mass is 9.99. The Labute approximate surface area is 145 Å². The Morgan fingerprint density at radius 2 is 1.79 bits per heavy atom. The minimum Gasteiger partial charge on any atom is -0.352 e. The molecule has 1 unspecified atom stereocenters. The fraction of sp³-hybridized carbons (Fsp3) is 0.941. The van der Waals surface area contributed by atoms with Gasteiger partial charge in [-0.25, -0.2) is 13.1 Å². The van der Waals surface area contributed by atoms with Gasteiger partial charge >= 0.3 is 0 Å². The SMILES string of the molecule is CS(=O)(=O)NCCC1CCCCN1CC(=O)NC(C1CC1)C1CC1. The molecule has 0 aromatic rings. The predicted octanol–water partition coefficient (Wildman–Crippen LogP) is 1.08. The van der Waals surface area contributed by atoms with Crippen molar-refractivity contribution in [1.82, 2.24) is 14.9 Å². The molecule has 2 N–H and O–H groups in total. The van der Waals surface area contributed by atoms with Crippen molar-refractivity contribution >= 4 is 15.9 Å². The van der Waals surface area contributed by atoms with E-state index >= 15 is 0 Å². The molecular formula is C17H31N3O3S. The lowest BCUT2D eigenvalue weighted by molar-refractivity contribution is -0.124. The molecule has 2 aliphatic carbocycles. The highest BCUT2D eigenvalue weighted by Crippen LogP contribution is 2.44. The summed E-state index contributed by atoms with van der Waals surface area (Å²) in [7, 11) is -3.13. The molecule has 0 spiro atoms. The number of nitrogens with one attached hydrogen (secondary N) is 2. The van der Waals surface area contributed by atoms with Crippen LogP contribution in [0.5, 0.6) is 0 Å². The van der Waals surface area contributed by atoms with Crippen LogP contribution in [0.15, 0.2) is 0 Å². The van der Waals surface area contributed by atoms with E-state index in [2.05, 4.69) is 14.9 Å². The van der Waals surface area contributed by atoms with Crippen molar-refractivity contribution in [3.63, 3.8) is 0 Å². The van der Waals surface area contributed by atoms with Gasteiger partial charge in [-0.05, 0) is 63.3 Å². The number of carbonyl (C=O) groups is 1. The van der Waals surface area contributed by atoms with Gasteiger partial charge < -0.3 is 5.32 Å². The summed E-state index contributed by atoms with van der Waals surface area (Å²) in [5.41, 5.74) is 0. The maximum atomic E-state index is 12.5. The molecule has 2 saturated carbocycles. The number of piperidine rings is 1. The molecule has 1 aliphatic heterocycles. The second-order valence-electron chi connectivity index (χ2n) is 7.84. The highest BCUT2D eigenvalue weighted by atomic mass is 32.2. The second kappa shape index (κ2) is 7.70. The third-order valence-electron chi connectivity index (χ3n) is 5.52. The van der Waals surface area contributed by atoms with Gasteiger partial charge in [0.25, 0.3) is 0 Å². The van der Waals surface area contributed by atoms with E-state index in [0.717, 1.165) is 44.1 Å². The predicted molar refractivity (Wildman–Crippen MR) is 94.1 cm³/mol. The largest absolute Gasteiger partial charge is 0.352 e. The zero-order valence-corrected chi connectivity index (χ0v) is 15.5. The van der Waals surface area contributed by atoms with E-state index in [-0.39, 0.29) is 5.91 Å². The molecule has 0 aromatic heterocycles. The summed E-state index contributed by atoms with van der Waals surface area (Å²) in [5.74, 6) is 1.59. The van der Waals surface area contributed by atoms with Crippen LogP contribution in [0.2, 0.25) is 0 Å². The third-order valence-corrected chi connectivity index (χ3v) is 6.25. The average molecular weight is 358 g/mol. The van der Waals surface area contributed by atoms with Crippen molar-refractivity contribution in [2.75, 3.05) is 25.9 Å². The molecule has 3 fully saturated rings. The lowest BCUT2D eigenvalue weighted by Crippen LogP contribution is -2.49. The minimum absolute atomic E-state index is 0.154. The normalized spacial score (nSPS) is 25.8. The quantitative estimate of drug-likeness (QED) is 0.647. The number of hydrogen-bond acceptors (Lipinski definition) is 4. The summed E-state index contributed by atoms with van der Waals surface area (Å²) in [4.78, 5) is 14.8. The standard InChI is InChI=1S/C17H31N3O3S/c1-24(22,23)18-10-9-15-4-2-3-11-20(15)12-16(21)19-17(13-5-6-13)14-7-8-14/h13-15,17-18H,2-12H2,1H3,(H,19,21). The van der Waals surface area contributed by atoms with Gasteiger partial charge in [-0.15, -0.1) is 0 Å². The summed E-state index contributed by atoms with van der Waals surface area (Å²) >= 11 is 0. The Morgan fingerprint density at radius 1 is 1.12 bits per heavy atom. The molecule has 1 saturated heterocycles. The van der Waals surface area contributed by atoms with Gasteiger partial charge in [0.15, 0.2) is 0 Å². The highest BCUT2D eigenvalue weighted by molar-refractivity contribution is 7.88. The summed E-state index contributed by atoms with van der Waals surface area (Å²) in [6.45, 7) is 1.85. The van der Waals surface area contributed by atoms with Gasteiger partial charge in [-0.2, -0.15) is 0 Å². The monoisotopic (exact) mass is 357 g/mol. The van der Waals surface area contributed by atoms with Gasteiger partial charge in [-0.3, -0.25) is 9.69 Å². The average Bonchev–Trinajstić information content (AvgIpc) is 3.37. The summed E-state index contributed by atoms with van der Waals surface area (Å²) < 4.78 is 25.0. The fourth-order valence-corrected chi connectivity index (χ4v) is 4.44. The van der Waals surface area contributed by atoms with Crippen molar-refractivity contribution < 1.29 is 13.2 Å². The van der Waals surface area contributed by atoms with Gasteiger partial charge in [-0.1, -0.05) is 6.42 Å². The van der Waals surface area contributed by atoms with Crippen molar-refractivity contribution in [1.29, 1.82) is 0 Å². The molecule has 24 heavy (non-hydrogen) atoms. The Hall–Kier alpha value is -0.660. The first kappa shape index (κ1) is 18.1. The zero-order valence-electron chi connectivity index (χ0n) is 14.7. The van der Waals surface area contributed by atoms with Crippen LogP contribution in [-0.4, -0.2) is 57.2 Å². The molecule has 6 nitrogen and oxygen atoms in total. The molecule has 3 rings (SSSR count). The number of likely N-dealkylation sites (tertiary alicyclic amines) is 1. The Bertz CT molecular complexity index is 531. The van der Waals surface area contributed by atoms with E-state index in [9.17, 15) is 13.2 Å². The van der Waals surface area contributed by atoms with Crippen molar-refractivity contribution in [2.45, 2.75) is 63.5 Å². The molecular weight excluding hydrogens is 326 g/mol. The van der Waals surface area contributed by atoms with Crippen LogP contribution in [0.1, 0.15) is 51.4 Å². The fourth-order valence-electron chi connectivity index (χ4n) is 3.95. The van der Waals surface area contributed by atoms with E-state index in [1.54, 1.807) is 0 Å². The van der Waals surface area contributed by atoms with Crippen LogP contribution in [0.3, 0.4) is 0 Å². The molecule has 1 atom stereocenters. The van der Waals surface area contributed by atoms with E-state index in [4.69, 9.17) is 0 Å². The highest BCUT2D eigenvalue weighted by Gasteiger charge is 2.42. The first-order chi connectivity index (χ1) is 11.4. The summed E-state index contributed by atoms with van der Waals surface area (Å²) in [6.07, 6.45) is 10.4. The molecule has 138 valence electrons. The van der Waals surface area contributed by atoms with Crippen molar-refractivity contribution in [2.24, 2.45) is 11.8 Å². The first-order valence-corrected chi connectivity index (χ1v) is 11.3. The molecule has 7 heteroatoms. The van der Waals surface area contributed by atoms with E-state index in [1.165, 1.54) is 31.9 Å². The van der Waals surface area contributed by atoms with Crippen LogP contribution < -0.4 is 10.0 Å². The maximum Gasteiger partial charge on any atom is 0.234 e. The molecule has 0 bridgehead atoms. The summed E-state index contributed by atoms with van der Waals surface area (Å²) in [6, 6.07) is 0.715. The van der Waals surface area contributed by atoms with E-state index < -0.39 is 10.0 Å². The number of nitrogens with zero attached hydrogens (tertiary/aromatic N) is 1. The number of amides is 1. The van der Waals surface area contributed by atoms with Crippen LogP contribution in [0.25, 0.3) is 0 Å². The van der Waals surface area contributed by atoms with Crippen molar-refractivity contribution in [3.05, 3.63) is 0 Å². The zero-order chi connectivity index (χ0) is 17.2. The smallest absolute Gasteiger partial charge is 0.234 e. The minimum atomic E-state index is -3.13. The molecule has 1 amide bonds. The summed E-state index contributed by atoms with van der Waals surface area (Å²) in [5, 5.41) is 3.30. The Morgan fingerprint density at radius 3 is 2.38 bits per heavy atom. The van der Waals surface area contributed by atoms with Gasteiger partial charge in [0.05, 0.1) is 12.8 Å². The maximum absolute atomic E-state index is 12.5. The number of hydrogen-bond donors (Lipinski definition) is 2. The number of carbonyl (C=O) groups excluding carboxylic acids is 1. The topological polar surface area (TPSA) is 78.5 Å². The molecule has 3 aliphatic rings. The van der Waals surface area contributed by atoms with Crippen molar-refractivity contribution in [3.8, 4) is 0 Å². The third kappa shape index (κ3) is 5.70. The Kier molecular flexibility index (Phi) is 5.82. The van der Waals surface area contributed by atoms with Crippen LogP contribution in [0.4, 0.5) is 0 Å². The second-order valence-corrected chi connectivity index (χ2v) is 9.68. The van der Waals surface area contributed by atoms with Crippen LogP contribution in [-0.2, 0) is 14.8 Å². The lowest BCUT2D eigenvalue weighted by Gasteiger charge is -2.35. The van der Waals surface area contributed by atoms with Gasteiger partial charge in [0.1, 0.15) is 0 Å². The molecule has 0 aromatic carbocycles. The molecule has 1 heterocycles. The van der Waals surface area contributed by atoms with Crippen LogP contribution in [0, 0.1) is 11.8 Å². The molecule has 0 radical (unpaired) electrons. The first-order valence-electron chi connectivity index (χ1n) is 9.40. The van der Waals surface area contributed by atoms with E-state index in [1.807, 2.05) is 0 Å². The van der Waals surface area contributed by atoms with Gasteiger partial charge in [0, 0.05) is 18.6 Å². The number of sulfonamides is 1. The van der Waals surface area contributed by atoms with Gasteiger partial charge in [0.2, 0.25) is 15.9 Å². The van der Waals surface area contributed by atoms with E-state index in [0.29, 0.717) is 25.2 Å². The Balaban J connectivity index is 1.46.